The fourth-order valence-electron chi connectivity index (χ4n) is 3.10. The van der Waals surface area contributed by atoms with Crippen LogP contribution in [-0.2, 0) is 11.3 Å². The Balaban J connectivity index is 1.54. The van der Waals surface area contributed by atoms with Crippen LogP contribution in [0.2, 0.25) is 0 Å². The summed E-state index contributed by atoms with van der Waals surface area (Å²) in [5.74, 6) is 2.65. The average Bonchev–Trinajstić information content (AvgIpc) is 3.01. The smallest absolute Gasteiger partial charge is 0.161 e. The van der Waals surface area contributed by atoms with E-state index in [1.807, 2.05) is 19.2 Å². The summed E-state index contributed by atoms with van der Waals surface area (Å²) in [6.07, 6.45) is 1.87. The third-order valence-corrected chi connectivity index (χ3v) is 4.27. The molecule has 2 aliphatic heterocycles. The maximum absolute atomic E-state index is 5.68. The lowest BCUT2D eigenvalue weighted by molar-refractivity contribution is -0.0157. The molecule has 0 bridgehead atoms. The number of imidazole rings is 1. The Morgan fingerprint density at radius 2 is 2.09 bits per heavy atom. The van der Waals surface area contributed by atoms with Gasteiger partial charge in [0.25, 0.3) is 0 Å². The Morgan fingerprint density at radius 3 is 2.91 bits per heavy atom. The molecule has 0 spiro atoms. The number of nitrogens with one attached hydrogen (secondary N) is 1. The van der Waals surface area contributed by atoms with Crippen LogP contribution < -0.4 is 9.47 Å². The van der Waals surface area contributed by atoms with Gasteiger partial charge in [0.1, 0.15) is 19.0 Å². The van der Waals surface area contributed by atoms with Crippen molar-refractivity contribution in [2.75, 3.05) is 33.0 Å². The number of morpholine rings is 1. The molecule has 122 valence electrons. The van der Waals surface area contributed by atoms with Crippen LogP contribution >= 0.6 is 0 Å². The van der Waals surface area contributed by atoms with Crippen LogP contribution in [0, 0.1) is 6.92 Å². The molecule has 1 fully saturated rings. The molecule has 0 saturated carbocycles. The van der Waals surface area contributed by atoms with Crippen LogP contribution in [0.3, 0.4) is 0 Å². The first-order chi connectivity index (χ1) is 11.3. The predicted molar refractivity (Wildman–Crippen MR) is 84.7 cm³/mol. The van der Waals surface area contributed by atoms with Gasteiger partial charge in [0.15, 0.2) is 11.5 Å². The van der Waals surface area contributed by atoms with Gasteiger partial charge in [0.05, 0.1) is 19.3 Å². The molecule has 3 heterocycles. The van der Waals surface area contributed by atoms with Crippen molar-refractivity contribution in [3.63, 3.8) is 0 Å². The first-order valence-corrected chi connectivity index (χ1v) is 8.01. The van der Waals surface area contributed by atoms with Gasteiger partial charge in [-0.25, -0.2) is 4.98 Å². The van der Waals surface area contributed by atoms with E-state index in [-0.39, 0.29) is 6.04 Å². The Hall–Kier alpha value is -2.05. The molecule has 1 atom stereocenters. The number of nitrogens with zero attached hydrogens (tertiary/aromatic N) is 2. The normalized spacial score (nSPS) is 21.3. The van der Waals surface area contributed by atoms with Gasteiger partial charge in [-0.15, -0.1) is 0 Å². The minimum absolute atomic E-state index is 0.158. The van der Waals surface area contributed by atoms with Gasteiger partial charge in [0.2, 0.25) is 0 Å². The van der Waals surface area contributed by atoms with Gasteiger partial charge in [0, 0.05) is 25.0 Å². The fourth-order valence-corrected chi connectivity index (χ4v) is 3.10. The molecular weight excluding hydrogens is 294 g/mol. The molecule has 1 N–H and O–H groups in total. The minimum Gasteiger partial charge on any atom is -0.486 e. The van der Waals surface area contributed by atoms with E-state index in [9.17, 15) is 0 Å². The zero-order valence-electron chi connectivity index (χ0n) is 13.2. The summed E-state index contributed by atoms with van der Waals surface area (Å²) < 4.78 is 16.9. The van der Waals surface area contributed by atoms with E-state index in [0.29, 0.717) is 19.8 Å². The Kier molecular flexibility index (Phi) is 3.93. The quantitative estimate of drug-likeness (QED) is 0.939. The first-order valence-electron chi connectivity index (χ1n) is 8.01. The highest BCUT2D eigenvalue weighted by Crippen LogP contribution is 2.32. The third-order valence-electron chi connectivity index (χ3n) is 4.27. The van der Waals surface area contributed by atoms with Crippen molar-refractivity contribution in [3.05, 3.63) is 41.5 Å². The maximum Gasteiger partial charge on any atom is 0.161 e. The number of ether oxygens (including phenoxy) is 3. The lowest BCUT2D eigenvalue weighted by atomic mass is 10.1. The second-order valence-corrected chi connectivity index (χ2v) is 5.99. The van der Waals surface area contributed by atoms with E-state index in [2.05, 4.69) is 27.0 Å². The molecule has 1 aromatic heterocycles. The van der Waals surface area contributed by atoms with E-state index in [0.717, 1.165) is 42.7 Å². The number of hydrogen-bond acceptors (Lipinski definition) is 5. The van der Waals surface area contributed by atoms with E-state index in [1.165, 1.54) is 5.56 Å². The molecule has 6 nitrogen and oxygen atoms in total. The van der Waals surface area contributed by atoms with E-state index >= 15 is 0 Å². The summed E-state index contributed by atoms with van der Waals surface area (Å²) >= 11 is 0. The van der Waals surface area contributed by atoms with Crippen molar-refractivity contribution in [3.8, 4) is 11.5 Å². The zero-order valence-corrected chi connectivity index (χ0v) is 13.2. The van der Waals surface area contributed by atoms with Crippen LogP contribution in [0.25, 0.3) is 0 Å². The number of aryl methyl sites for hydroxylation is 1. The molecule has 1 aromatic carbocycles. The topological polar surface area (TPSA) is 59.6 Å². The molecule has 4 rings (SSSR count). The van der Waals surface area contributed by atoms with Gasteiger partial charge in [-0.3, -0.25) is 4.90 Å². The average molecular weight is 315 g/mol. The highest BCUT2D eigenvalue weighted by molar-refractivity contribution is 5.43. The molecule has 0 radical (unpaired) electrons. The highest BCUT2D eigenvalue weighted by Gasteiger charge is 2.27. The van der Waals surface area contributed by atoms with Crippen LogP contribution in [0.5, 0.6) is 11.5 Å². The molecule has 1 saturated heterocycles. The Labute approximate surface area is 135 Å². The summed E-state index contributed by atoms with van der Waals surface area (Å²) in [7, 11) is 0. The van der Waals surface area contributed by atoms with Crippen molar-refractivity contribution in [2.24, 2.45) is 0 Å². The molecule has 23 heavy (non-hydrogen) atoms. The summed E-state index contributed by atoms with van der Waals surface area (Å²) in [4.78, 5) is 10.2. The number of fused-ring (bicyclic) bond motifs is 1. The van der Waals surface area contributed by atoms with Gasteiger partial charge >= 0.3 is 0 Å². The van der Waals surface area contributed by atoms with Crippen LogP contribution in [0.15, 0.2) is 24.4 Å². The number of rotatable bonds is 3. The maximum atomic E-state index is 5.68. The molecule has 6 heteroatoms. The van der Waals surface area contributed by atoms with E-state index in [1.54, 1.807) is 0 Å². The lowest BCUT2D eigenvalue weighted by Crippen LogP contribution is -2.39. The van der Waals surface area contributed by atoms with Crippen molar-refractivity contribution in [1.82, 2.24) is 14.9 Å². The molecule has 0 unspecified atom stereocenters. The van der Waals surface area contributed by atoms with Crippen LogP contribution in [-0.4, -0.2) is 47.8 Å². The van der Waals surface area contributed by atoms with Crippen LogP contribution in [0.1, 0.15) is 23.1 Å². The summed E-state index contributed by atoms with van der Waals surface area (Å²) in [5.41, 5.74) is 2.29. The second kappa shape index (κ2) is 6.22. The molecule has 2 aromatic rings. The van der Waals surface area contributed by atoms with Gasteiger partial charge in [-0.05, 0) is 24.6 Å². The predicted octanol–water partition coefficient (Wildman–Crippen LogP) is 2.06. The number of hydrogen-bond donors (Lipinski definition) is 1. The third kappa shape index (κ3) is 3.04. The van der Waals surface area contributed by atoms with Gasteiger partial charge < -0.3 is 19.2 Å². The second-order valence-electron chi connectivity index (χ2n) is 5.99. The SMILES string of the molecule is Cc1cnc([C@@H]2COCCN2Cc2ccc3c(c2)OCCO3)[nH]1. The van der Waals surface area contributed by atoms with Gasteiger partial charge in [-0.2, -0.15) is 0 Å². The Bertz CT molecular complexity index is 685. The zero-order chi connectivity index (χ0) is 15.6. The lowest BCUT2D eigenvalue weighted by Gasteiger charge is -2.34. The molecule has 2 aliphatic rings. The number of H-pyrrole nitrogens is 1. The number of aromatic amines is 1. The van der Waals surface area contributed by atoms with Crippen molar-refractivity contribution in [2.45, 2.75) is 19.5 Å². The first kappa shape index (κ1) is 14.5. The highest BCUT2D eigenvalue weighted by atomic mass is 16.6. The number of benzene rings is 1. The van der Waals surface area contributed by atoms with Crippen LogP contribution in [0.4, 0.5) is 0 Å². The van der Waals surface area contributed by atoms with Crippen molar-refractivity contribution >= 4 is 0 Å². The van der Waals surface area contributed by atoms with Crippen molar-refractivity contribution in [1.29, 1.82) is 0 Å². The monoisotopic (exact) mass is 315 g/mol. The summed E-state index contributed by atoms with van der Waals surface area (Å²) in [6, 6.07) is 6.34. The van der Waals surface area contributed by atoms with Gasteiger partial charge in [-0.1, -0.05) is 6.07 Å². The minimum atomic E-state index is 0.158. The standard InChI is InChI=1S/C17H21N3O3/c1-12-9-18-17(19-12)14-11-21-5-4-20(14)10-13-2-3-15-16(8-13)23-7-6-22-15/h2-3,8-9,14H,4-7,10-11H2,1H3,(H,18,19)/t14-/m0/s1. The molecular formula is C17H21N3O3. The molecule has 0 aliphatic carbocycles. The Morgan fingerprint density at radius 1 is 1.22 bits per heavy atom. The van der Waals surface area contributed by atoms with E-state index < -0.39 is 0 Å². The summed E-state index contributed by atoms with van der Waals surface area (Å²) in [6.45, 7) is 6.39. The van der Waals surface area contributed by atoms with E-state index in [4.69, 9.17) is 14.2 Å². The fraction of sp³-hybridized carbons (Fsp3) is 0.471. The number of aromatic nitrogens is 2. The molecule has 0 amide bonds. The summed E-state index contributed by atoms with van der Waals surface area (Å²) in [5, 5.41) is 0. The van der Waals surface area contributed by atoms with Crippen molar-refractivity contribution < 1.29 is 14.2 Å². The largest absolute Gasteiger partial charge is 0.486 e.